The summed E-state index contributed by atoms with van der Waals surface area (Å²) in [6.07, 6.45) is 6.91. The Morgan fingerprint density at radius 2 is 1.61 bits per heavy atom. The molecule has 5 heteroatoms. The average Bonchev–Trinajstić information content (AvgIpc) is 2.68. The molecule has 4 saturated carbocycles. The third-order valence-electron chi connectivity index (χ3n) is 6.77. The maximum atomic E-state index is 13.0. The van der Waals surface area contributed by atoms with Gasteiger partial charge in [-0.15, -0.1) is 10.2 Å². The van der Waals surface area contributed by atoms with E-state index < -0.39 is 0 Å². The van der Waals surface area contributed by atoms with Crippen LogP contribution in [0.2, 0.25) is 0 Å². The molecule has 0 saturated heterocycles. The number of carbonyl (C=O) groups excluding carboxylic acids is 1. The van der Waals surface area contributed by atoms with Crippen LogP contribution < -0.4 is 9.47 Å². The summed E-state index contributed by atoms with van der Waals surface area (Å²) in [5, 5.41) is 8.41. The molecule has 1 aromatic carbocycles. The lowest BCUT2D eigenvalue weighted by molar-refractivity contribution is -0.161. The van der Waals surface area contributed by atoms with Gasteiger partial charge in [0.05, 0.1) is 17.7 Å². The molecule has 0 atom stereocenters. The Hall–Kier alpha value is -2.43. The predicted octanol–water partition coefficient (Wildman–Crippen LogP) is 4.66. The Bertz CT molecular complexity index is 825. The van der Waals surface area contributed by atoms with Gasteiger partial charge in [0.15, 0.2) is 0 Å². The molecule has 5 nitrogen and oxygen atoms in total. The third kappa shape index (κ3) is 3.17. The van der Waals surface area contributed by atoms with Gasteiger partial charge in [0.2, 0.25) is 5.88 Å². The van der Waals surface area contributed by atoms with E-state index in [1.165, 1.54) is 19.3 Å². The molecule has 4 fully saturated rings. The van der Waals surface area contributed by atoms with E-state index >= 15 is 0 Å². The fourth-order valence-electron chi connectivity index (χ4n) is 5.98. The second-order valence-electron chi connectivity index (χ2n) is 8.80. The number of hydrogen-bond acceptors (Lipinski definition) is 5. The second-order valence-corrected chi connectivity index (χ2v) is 8.80. The van der Waals surface area contributed by atoms with E-state index in [4.69, 9.17) is 9.47 Å². The van der Waals surface area contributed by atoms with Gasteiger partial charge in [-0.05, 0) is 93.5 Å². The molecule has 1 heterocycles. The zero-order chi connectivity index (χ0) is 19.1. The fraction of sp³-hybridized carbons (Fsp3) is 0.522. The maximum Gasteiger partial charge on any atom is 0.318 e. The topological polar surface area (TPSA) is 61.3 Å². The van der Waals surface area contributed by atoms with Crippen LogP contribution in [0.15, 0.2) is 36.4 Å². The first-order chi connectivity index (χ1) is 13.6. The van der Waals surface area contributed by atoms with Crippen molar-refractivity contribution in [1.82, 2.24) is 10.2 Å². The number of carbonyl (C=O) groups is 1. The molecule has 4 bridgehead atoms. The van der Waals surface area contributed by atoms with E-state index in [0.29, 0.717) is 30.2 Å². The highest BCUT2D eigenvalue weighted by Crippen LogP contribution is 2.60. The van der Waals surface area contributed by atoms with Crippen LogP contribution in [0.3, 0.4) is 0 Å². The minimum Gasteiger partial charge on any atom is -0.494 e. The van der Waals surface area contributed by atoms with Crippen molar-refractivity contribution in [2.24, 2.45) is 23.2 Å². The van der Waals surface area contributed by atoms with Crippen LogP contribution in [0.1, 0.15) is 45.4 Å². The summed E-state index contributed by atoms with van der Waals surface area (Å²) in [6.45, 7) is 2.60. The summed E-state index contributed by atoms with van der Waals surface area (Å²) < 4.78 is 11.2. The molecule has 0 radical (unpaired) electrons. The van der Waals surface area contributed by atoms with E-state index in [0.717, 1.165) is 36.3 Å². The van der Waals surface area contributed by atoms with E-state index in [1.54, 1.807) is 6.07 Å². The van der Waals surface area contributed by atoms with Crippen molar-refractivity contribution in [2.75, 3.05) is 6.61 Å². The van der Waals surface area contributed by atoms with Crippen LogP contribution >= 0.6 is 0 Å². The van der Waals surface area contributed by atoms with E-state index in [2.05, 4.69) is 10.2 Å². The van der Waals surface area contributed by atoms with E-state index in [9.17, 15) is 4.79 Å². The first-order valence-electron chi connectivity index (χ1n) is 10.4. The molecule has 4 aliphatic rings. The van der Waals surface area contributed by atoms with Crippen LogP contribution in [-0.2, 0) is 4.79 Å². The fourth-order valence-corrected chi connectivity index (χ4v) is 5.98. The van der Waals surface area contributed by atoms with Crippen LogP contribution in [0.4, 0.5) is 0 Å². The zero-order valence-electron chi connectivity index (χ0n) is 16.3. The Kier molecular flexibility index (Phi) is 4.33. The molecular weight excluding hydrogens is 352 g/mol. The van der Waals surface area contributed by atoms with Crippen molar-refractivity contribution in [3.63, 3.8) is 0 Å². The number of nitrogens with zero attached hydrogens (tertiary/aromatic N) is 2. The molecular formula is C23H26N2O3. The lowest BCUT2D eigenvalue weighted by atomic mass is 9.49. The summed E-state index contributed by atoms with van der Waals surface area (Å²) in [7, 11) is 0. The average molecular weight is 378 g/mol. The highest BCUT2D eigenvalue weighted by atomic mass is 16.5. The molecule has 2 aromatic rings. The molecule has 146 valence electrons. The number of benzene rings is 1. The van der Waals surface area contributed by atoms with Crippen molar-refractivity contribution in [1.29, 1.82) is 0 Å². The normalized spacial score (nSPS) is 30.2. The lowest BCUT2D eigenvalue weighted by Crippen LogP contribution is -2.51. The highest BCUT2D eigenvalue weighted by molar-refractivity contribution is 5.79. The smallest absolute Gasteiger partial charge is 0.318 e. The number of hydrogen-bond donors (Lipinski definition) is 0. The summed E-state index contributed by atoms with van der Waals surface area (Å²) in [4.78, 5) is 13.0. The summed E-state index contributed by atoms with van der Waals surface area (Å²) in [5.41, 5.74) is 1.43. The van der Waals surface area contributed by atoms with Gasteiger partial charge in [0, 0.05) is 11.6 Å². The molecule has 0 N–H and O–H groups in total. The van der Waals surface area contributed by atoms with Crippen molar-refractivity contribution >= 4 is 5.97 Å². The largest absolute Gasteiger partial charge is 0.494 e. The molecule has 28 heavy (non-hydrogen) atoms. The standard InChI is InChI=1S/C23H26N2O3/c1-2-27-19-5-3-18(4-6-19)20-7-8-21(25-24-20)28-22(26)23-12-15-9-16(13-23)11-17(10-15)14-23/h3-8,15-17H,2,9-14H2,1H3. The minimum atomic E-state index is -0.274. The number of rotatable bonds is 5. The number of aromatic nitrogens is 2. The number of esters is 1. The van der Waals surface area contributed by atoms with Crippen LogP contribution in [0.5, 0.6) is 11.6 Å². The van der Waals surface area contributed by atoms with E-state index in [1.807, 2.05) is 37.3 Å². The Balaban J connectivity index is 1.28. The summed E-state index contributed by atoms with van der Waals surface area (Å²) in [5.74, 6) is 3.19. The lowest BCUT2D eigenvalue weighted by Gasteiger charge is -2.55. The maximum absolute atomic E-state index is 13.0. The number of ether oxygens (including phenoxy) is 2. The van der Waals surface area contributed by atoms with Gasteiger partial charge in [-0.3, -0.25) is 4.79 Å². The first kappa shape index (κ1) is 17.7. The van der Waals surface area contributed by atoms with E-state index in [-0.39, 0.29) is 11.4 Å². The zero-order valence-corrected chi connectivity index (χ0v) is 16.3. The van der Waals surface area contributed by atoms with Gasteiger partial charge >= 0.3 is 5.97 Å². The Morgan fingerprint density at radius 3 is 2.14 bits per heavy atom. The third-order valence-corrected chi connectivity index (χ3v) is 6.77. The predicted molar refractivity (Wildman–Crippen MR) is 105 cm³/mol. The van der Waals surface area contributed by atoms with Crippen molar-refractivity contribution < 1.29 is 14.3 Å². The quantitative estimate of drug-likeness (QED) is 0.708. The molecule has 4 aliphatic carbocycles. The monoisotopic (exact) mass is 378 g/mol. The molecule has 0 unspecified atom stereocenters. The van der Waals surface area contributed by atoms with Crippen molar-refractivity contribution in [3.8, 4) is 22.9 Å². The van der Waals surface area contributed by atoms with Gasteiger partial charge in [0.25, 0.3) is 0 Å². The molecule has 0 aliphatic heterocycles. The summed E-state index contributed by atoms with van der Waals surface area (Å²) >= 11 is 0. The Morgan fingerprint density at radius 1 is 0.964 bits per heavy atom. The van der Waals surface area contributed by atoms with Gasteiger partial charge in [-0.2, -0.15) is 0 Å². The molecule has 0 amide bonds. The molecule has 6 rings (SSSR count). The minimum absolute atomic E-state index is 0.0882. The van der Waals surface area contributed by atoms with Crippen LogP contribution in [-0.4, -0.2) is 22.8 Å². The van der Waals surface area contributed by atoms with Gasteiger partial charge in [0.1, 0.15) is 5.75 Å². The molecule has 1 aromatic heterocycles. The summed E-state index contributed by atoms with van der Waals surface area (Å²) in [6, 6.07) is 11.3. The second kappa shape index (κ2) is 6.87. The van der Waals surface area contributed by atoms with Gasteiger partial charge in [-0.1, -0.05) is 0 Å². The van der Waals surface area contributed by atoms with Crippen molar-refractivity contribution in [2.45, 2.75) is 45.4 Å². The van der Waals surface area contributed by atoms with Gasteiger partial charge in [-0.25, -0.2) is 0 Å². The first-order valence-corrected chi connectivity index (χ1v) is 10.4. The highest BCUT2D eigenvalue weighted by Gasteiger charge is 2.55. The van der Waals surface area contributed by atoms with Crippen LogP contribution in [0, 0.1) is 23.2 Å². The van der Waals surface area contributed by atoms with Crippen LogP contribution in [0.25, 0.3) is 11.3 Å². The Labute approximate surface area is 165 Å². The van der Waals surface area contributed by atoms with Crippen molar-refractivity contribution in [3.05, 3.63) is 36.4 Å². The molecule has 0 spiro atoms. The van der Waals surface area contributed by atoms with Gasteiger partial charge < -0.3 is 9.47 Å². The SMILES string of the molecule is CCOc1ccc(-c2ccc(OC(=O)C34CC5CC(CC(C5)C3)C4)nn2)cc1.